The smallest absolute Gasteiger partial charge is 0.253 e. The fourth-order valence-corrected chi connectivity index (χ4v) is 1.76. The van der Waals surface area contributed by atoms with Crippen molar-refractivity contribution in [3.63, 3.8) is 0 Å². The van der Waals surface area contributed by atoms with Crippen molar-refractivity contribution in [2.75, 3.05) is 11.1 Å². The summed E-state index contributed by atoms with van der Waals surface area (Å²) < 4.78 is 0. The molecular weight excluding hydrogens is 226 g/mol. The maximum absolute atomic E-state index is 12.2. The minimum atomic E-state index is -0.251. The van der Waals surface area contributed by atoms with Gasteiger partial charge in [0.15, 0.2) is 0 Å². The molecule has 2 rings (SSSR count). The summed E-state index contributed by atoms with van der Waals surface area (Å²) >= 11 is 0. The second kappa shape index (κ2) is 4.52. The Bertz CT molecular complexity index is 459. The number of benzene rings is 1. The molecule has 1 aliphatic rings. The molecule has 0 heterocycles. The fraction of sp³-hybridized carbons (Fsp3) is 0.500. The molecule has 0 spiro atoms. The van der Waals surface area contributed by atoms with E-state index in [2.05, 4.69) is 10.6 Å². The molecule has 0 atom stereocenters. The molecule has 0 radical (unpaired) electrons. The van der Waals surface area contributed by atoms with E-state index < -0.39 is 0 Å². The molecule has 4 heteroatoms. The molecule has 0 bridgehead atoms. The number of nitrogens with one attached hydrogen (secondary N) is 2. The first-order chi connectivity index (χ1) is 8.37. The molecule has 1 saturated carbocycles. The number of anilines is 2. The van der Waals surface area contributed by atoms with Crippen LogP contribution in [0.1, 0.15) is 44.0 Å². The number of rotatable bonds is 3. The van der Waals surface area contributed by atoms with Crippen LogP contribution in [-0.2, 0) is 0 Å². The zero-order valence-corrected chi connectivity index (χ0v) is 11.2. The van der Waals surface area contributed by atoms with Gasteiger partial charge >= 0.3 is 0 Å². The second-order valence-electron chi connectivity index (χ2n) is 5.89. The molecule has 18 heavy (non-hydrogen) atoms. The van der Waals surface area contributed by atoms with Crippen molar-refractivity contribution in [3.8, 4) is 0 Å². The van der Waals surface area contributed by atoms with Crippen LogP contribution in [0.5, 0.6) is 0 Å². The lowest BCUT2D eigenvalue weighted by Crippen LogP contribution is -2.40. The molecule has 4 nitrogen and oxygen atoms in total. The molecule has 0 saturated heterocycles. The highest BCUT2D eigenvalue weighted by molar-refractivity contribution is 6.02. The van der Waals surface area contributed by atoms with E-state index in [4.69, 9.17) is 5.73 Å². The predicted octanol–water partition coefficient (Wildman–Crippen LogP) is 2.37. The monoisotopic (exact) mass is 247 g/mol. The molecule has 1 aromatic carbocycles. The van der Waals surface area contributed by atoms with Crippen molar-refractivity contribution in [1.82, 2.24) is 5.32 Å². The maximum atomic E-state index is 12.2. The van der Waals surface area contributed by atoms with Gasteiger partial charge in [0.05, 0.1) is 16.9 Å². The molecule has 0 aromatic heterocycles. The second-order valence-corrected chi connectivity index (χ2v) is 5.89. The number of nitrogen functional groups attached to an aromatic ring is 1. The Labute approximate surface area is 108 Å². The summed E-state index contributed by atoms with van der Waals surface area (Å²) in [4.78, 5) is 12.2. The van der Waals surface area contributed by atoms with Crippen molar-refractivity contribution in [2.24, 2.45) is 0 Å². The summed E-state index contributed by atoms with van der Waals surface area (Å²) in [7, 11) is 0. The highest BCUT2D eigenvalue weighted by Gasteiger charge is 2.25. The SMILES string of the molecule is CC(C)(C)NC(=O)c1cccc(N)c1NC1CC1. The van der Waals surface area contributed by atoms with Crippen molar-refractivity contribution < 1.29 is 4.79 Å². The lowest BCUT2D eigenvalue weighted by Gasteiger charge is -2.22. The minimum absolute atomic E-state index is 0.0852. The third-order valence-corrected chi connectivity index (χ3v) is 2.76. The minimum Gasteiger partial charge on any atom is -0.397 e. The highest BCUT2D eigenvalue weighted by atomic mass is 16.1. The van der Waals surface area contributed by atoms with Gasteiger partial charge in [0.2, 0.25) is 0 Å². The van der Waals surface area contributed by atoms with Crippen molar-refractivity contribution in [2.45, 2.75) is 45.2 Å². The molecule has 1 amide bonds. The summed E-state index contributed by atoms with van der Waals surface area (Å²) in [6.07, 6.45) is 2.29. The fourth-order valence-electron chi connectivity index (χ4n) is 1.76. The van der Waals surface area contributed by atoms with E-state index in [1.165, 1.54) is 0 Å². The number of para-hydroxylation sites is 1. The van der Waals surface area contributed by atoms with E-state index in [1.54, 1.807) is 0 Å². The number of amides is 1. The Morgan fingerprint density at radius 3 is 2.56 bits per heavy atom. The van der Waals surface area contributed by atoms with Crippen LogP contribution in [0.2, 0.25) is 0 Å². The largest absolute Gasteiger partial charge is 0.397 e. The first-order valence-electron chi connectivity index (χ1n) is 6.34. The van der Waals surface area contributed by atoms with Gasteiger partial charge in [0, 0.05) is 11.6 Å². The normalized spacial score (nSPS) is 15.3. The quantitative estimate of drug-likeness (QED) is 0.718. The van der Waals surface area contributed by atoms with Crippen LogP contribution < -0.4 is 16.4 Å². The molecule has 0 unspecified atom stereocenters. The topological polar surface area (TPSA) is 67.2 Å². The summed E-state index contributed by atoms with van der Waals surface area (Å²) in [5.41, 5.74) is 7.72. The number of hydrogen-bond donors (Lipinski definition) is 3. The molecule has 1 aromatic rings. The number of hydrogen-bond acceptors (Lipinski definition) is 3. The third-order valence-electron chi connectivity index (χ3n) is 2.76. The van der Waals surface area contributed by atoms with E-state index >= 15 is 0 Å². The average Bonchev–Trinajstić information content (AvgIpc) is 3.02. The molecule has 4 N–H and O–H groups in total. The van der Waals surface area contributed by atoms with Gasteiger partial charge in [0.25, 0.3) is 5.91 Å². The first-order valence-corrected chi connectivity index (χ1v) is 6.34. The van der Waals surface area contributed by atoms with Crippen LogP contribution in [0.4, 0.5) is 11.4 Å². The highest BCUT2D eigenvalue weighted by Crippen LogP contribution is 2.31. The summed E-state index contributed by atoms with van der Waals surface area (Å²) in [5, 5.41) is 6.30. The average molecular weight is 247 g/mol. The van der Waals surface area contributed by atoms with E-state index in [9.17, 15) is 4.79 Å². The lowest BCUT2D eigenvalue weighted by atomic mass is 10.1. The standard InChI is InChI=1S/C14H21N3O/c1-14(2,3)17-13(18)10-5-4-6-11(15)12(10)16-9-7-8-9/h4-6,9,16H,7-8,15H2,1-3H3,(H,17,18). The Kier molecular flexibility index (Phi) is 3.20. The van der Waals surface area contributed by atoms with Gasteiger partial charge in [-0.2, -0.15) is 0 Å². The Morgan fingerprint density at radius 1 is 1.33 bits per heavy atom. The summed E-state index contributed by atoms with van der Waals surface area (Å²) in [5.74, 6) is -0.0852. The maximum Gasteiger partial charge on any atom is 0.253 e. The van der Waals surface area contributed by atoms with Gasteiger partial charge in [-0.05, 0) is 45.7 Å². The van der Waals surface area contributed by atoms with Gasteiger partial charge in [-0.15, -0.1) is 0 Å². The molecule has 98 valence electrons. The predicted molar refractivity (Wildman–Crippen MR) is 74.7 cm³/mol. The van der Waals surface area contributed by atoms with Crippen LogP contribution in [0.25, 0.3) is 0 Å². The number of nitrogens with two attached hydrogens (primary N) is 1. The van der Waals surface area contributed by atoms with Gasteiger partial charge in [-0.25, -0.2) is 0 Å². The van der Waals surface area contributed by atoms with E-state index in [1.807, 2.05) is 39.0 Å². The molecule has 0 aliphatic heterocycles. The van der Waals surface area contributed by atoms with Crippen LogP contribution in [-0.4, -0.2) is 17.5 Å². The Morgan fingerprint density at radius 2 is 2.00 bits per heavy atom. The van der Waals surface area contributed by atoms with Crippen LogP contribution in [0, 0.1) is 0 Å². The van der Waals surface area contributed by atoms with Crippen molar-refractivity contribution >= 4 is 17.3 Å². The van der Waals surface area contributed by atoms with Gasteiger partial charge in [0.1, 0.15) is 0 Å². The van der Waals surface area contributed by atoms with E-state index in [0.29, 0.717) is 17.3 Å². The zero-order chi connectivity index (χ0) is 13.3. The number of carbonyl (C=O) groups excluding carboxylic acids is 1. The molecular formula is C14H21N3O. The van der Waals surface area contributed by atoms with Crippen molar-refractivity contribution in [3.05, 3.63) is 23.8 Å². The molecule has 1 fully saturated rings. The van der Waals surface area contributed by atoms with Gasteiger partial charge < -0.3 is 16.4 Å². The third kappa shape index (κ3) is 3.15. The van der Waals surface area contributed by atoms with Crippen LogP contribution >= 0.6 is 0 Å². The summed E-state index contributed by atoms with van der Waals surface area (Å²) in [6.45, 7) is 5.89. The molecule has 1 aliphatic carbocycles. The lowest BCUT2D eigenvalue weighted by molar-refractivity contribution is 0.0920. The first kappa shape index (κ1) is 12.7. The van der Waals surface area contributed by atoms with Crippen LogP contribution in [0.15, 0.2) is 18.2 Å². The summed E-state index contributed by atoms with van der Waals surface area (Å²) in [6, 6.07) is 5.90. The van der Waals surface area contributed by atoms with Gasteiger partial charge in [-0.3, -0.25) is 4.79 Å². The van der Waals surface area contributed by atoms with Crippen molar-refractivity contribution in [1.29, 1.82) is 0 Å². The number of carbonyl (C=O) groups is 1. The van der Waals surface area contributed by atoms with E-state index in [0.717, 1.165) is 18.5 Å². The Hall–Kier alpha value is -1.71. The van der Waals surface area contributed by atoms with Crippen LogP contribution in [0.3, 0.4) is 0 Å². The van der Waals surface area contributed by atoms with E-state index in [-0.39, 0.29) is 11.4 Å². The zero-order valence-electron chi connectivity index (χ0n) is 11.2. The van der Waals surface area contributed by atoms with Gasteiger partial charge in [-0.1, -0.05) is 6.07 Å². The Balaban J connectivity index is 2.25.